The Balaban J connectivity index is 3.12. The second-order valence-corrected chi connectivity index (χ2v) is 2.49. The molecule has 3 N–H and O–H groups in total. The third-order valence-corrected chi connectivity index (χ3v) is 1.56. The van der Waals surface area contributed by atoms with Crippen molar-refractivity contribution in [1.29, 1.82) is 0 Å². The molecule has 0 heterocycles. The van der Waals surface area contributed by atoms with Crippen molar-refractivity contribution in [3.8, 4) is 11.8 Å². The monoisotopic (exact) mass is 189 g/mol. The number of hydrogen-bond donors (Lipinski definition) is 2. The maximum Gasteiger partial charge on any atom is 0.337 e. The van der Waals surface area contributed by atoms with Crippen LogP contribution in [-0.4, -0.2) is 17.4 Å². The SMILES string of the molecule is Nc1cc(C#CC=O)ccc1C(=O)O. The van der Waals surface area contributed by atoms with Crippen LogP contribution in [0.1, 0.15) is 15.9 Å². The van der Waals surface area contributed by atoms with Crippen molar-refractivity contribution in [1.82, 2.24) is 0 Å². The predicted molar refractivity (Wildman–Crippen MR) is 50.8 cm³/mol. The number of nitrogen functional groups attached to an aromatic ring is 1. The second kappa shape index (κ2) is 4.10. The summed E-state index contributed by atoms with van der Waals surface area (Å²) >= 11 is 0. The normalized spacial score (nSPS) is 8.57. The number of carbonyl (C=O) groups is 2. The average Bonchev–Trinajstić information content (AvgIpc) is 2.14. The number of benzene rings is 1. The van der Waals surface area contributed by atoms with Gasteiger partial charge in [-0.1, -0.05) is 5.92 Å². The highest BCUT2D eigenvalue weighted by molar-refractivity contribution is 5.93. The van der Waals surface area contributed by atoms with Gasteiger partial charge in [0.05, 0.1) is 5.56 Å². The van der Waals surface area contributed by atoms with E-state index in [2.05, 4.69) is 11.8 Å². The second-order valence-electron chi connectivity index (χ2n) is 2.49. The first-order valence-corrected chi connectivity index (χ1v) is 3.73. The number of carboxylic acid groups (broad SMARTS) is 1. The van der Waals surface area contributed by atoms with Crippen LogP contribution in [0.4, 0.5) is 5.69 Å². The van der Waals surface area contributed by atoms with E-state index in [0.717, 1.165) is 0 Å². The van der Waals surface area contributed by atoms with Gasteiger partial charge in [0.25, 0.3) is 0 Å². The molecule has 70 valence electrons. The average molecular weight is 189 g/mol. The molecule has 1 rings (SSSR count). The largest absolute Gasteiger partial charge is 0.478 e. The third kappa shape index (κ3) is 2.11. The quantitative estimate of drug-likeness (QED) is 0.383. The Bertz CT molecular complexity index is 440. The van der Waals surface area contributed by atoms with Crippen molar-refractivity contribution in [2.75, 3.05) is 5.73 Å². The molecule has 0 fully saturated rings. The van der Waals surface area contributed by atoms with Crippen LogP contribution in [-0.2, 0) is 4.79 Å². The van der Waals surface area contributed by atoms with Gasteiger partial charge in [0.2, 0.25) is 0 Å². The van der Waals surface area contributed by atoms with Crippen molar-refractivity contribution in [3.63, 3.8) is 0 Å². The molecule has 1 aromatic carbocycles. The van der Waals surface area contributed by atoms with Gasteiger partial charge in [-0.3, -0.25) is 4.79 Å². The molecule has 0 saturated heterocycles. The van der Waals surface area contributed by atoms with Crippen molar-refractivity contribution in [2.24, 2.45) is 0 Å². The van der Waals surface area contributed by atoms with Crippen LogP contribution in [0.15, 0.2) is 18.2 Å². The molecule has 4 nitrogen and oxygen atoms in total. The minimum atomic E-state index is -1.09. The summed E-state index contributed by atoms with van der Waals surface area (Å²) in [6, 6.07) is 4.27. The first-order chi connectivity index (χ1) is 6.65. The van der Waals surface area contributed by atoms with Crippen molar-refractivity contribution >= 4 is 17.9 Å². The lowest BCUT2D eigenvalue weighted by atomic mass is 10.1. The topological polar surface area (TPSA) is 80.4 Å². The van der Waals surface area contributed by atoms with E-state index in [9.17, 15) is 9.59 Å². The highest BCUT2D eigenvalue weighted by atomic mass is 16.4. The summed E-state index contributed by atoms with van der Waals surface area (Å²) in [6.45, 7) is 0. The minimum absolute atomic E-state index is 0.0293. The maximum atomic E-state index is 10.6. The van der Waals surface area contributed by atoms with Gasteiger partial charge in [0.1, 0.15) is 0 Å². The summed E-state index contributed by atoms with van der Waals surface area (Å²) < 4.78 is 0. The lowest BCUT2D eigenvalue weighted by molar-refractivity contribution is -0.103. The number of hydrogen-bond acceptors (Lipinski definition) is 3. The van der Waals surface area contributed by atoms with E-state index >= 15 is 0 Å². The Morgan fingerprint density at radius 1 is 1.50 bits per heavy atom. The summed E-state index contributed by atoms with van der Waals surface area (Å²) in [7, 11) is 0. The van der Waals surface area contributed by atoms with Gasteiger partial charge in [0, 0.05) is 11.3 Å². The summed E-state index contributed by atoms with van der Waals surface area (Å²) in [4.78, 5) is 20.5. The van der Waals surface area contributed by atoms with Crippen molar-refractivity contribution in [2.45, 2.75) is 0 Å². The number of aromatic carboxylic acids is 1. The molecule has 0 amide bonds. The molecule has 0 radical (unpaired) electrons. The highest BCUT2D eigenvalue weighted by Crippen LogP contribution is 2.13. The zero-order chi connectivity index (χ0) is 10.6. The Morgan fingerprint density at radius 3 is 2.71 bits per heavy atom. The van der Waals surface area contributed by atoms with E-state index in [-0.39, 0.29) is 11.3 Å². The molecule has 0 atom stereocenters. The van der Waals surface area contributed by atoms with Crippen LogP contribution < -0.4 is 5.73 Å². The molecule has 0 spiro atoms. The summed E-state index contributed by atoms with van der Waals surface area (Å²) in [5.41, 5.74) is 6.13. The molecular weight excluding hydrogens is 182 g/mol. The number of nitrogens with two attached hydrogens (primary N) is 1. The Hall–Kier alpha value is -2.28. The highest BCUT2D eigenvalue weighted by Gasteiger charge is 2.06. The molecule has 1 aromatic rings. The van der Waals surface area contributed by atoms with Crippen LogP contribution in [0.2, 0.25) is 0 Å². The van der Waals surface area contributed by atoms with Crippen molar-refractivity contribution < 1.29 is 14.7 Å². The van der Waals surface area contributed by atoms with Crippen LogP contribution in [0.25, 0.3) is 0 Å². The lowest BCUT2D eigenvalue weighted by Crippen LogP contribution is -2.02. The predicted octanol–water partition coefficient (Wildman–Crippen LogP) is 0.517. The minimum Gasteiger partial charge on any atom is -0.478 e. The Labute approximate surface area is 80.3 Å². The van der Waals surface area contributed by atoms with E-state index in [1.165, 1.54) is 18.2 Å². The molecule has 4 heteroatoms. The van der Waals surface area contributed by atoms with Gasteiger partial charge in [-0.05, 0) is 24.1 Å². The Morgan fingerprint density at radius 2 is 2.21 bits per heavy atom. The molecule has 14 heavy (non-hydrogen) atoms. The fraction of sp³-hybridized carbons (Fsp3) is 0. The van der Waals surface area contributed by atoms with Gasteiger partial charge in [-0.2, -0.15) is 0 Å². The van der Waals surface area contributed by atoms with Gasteiger partial charge in [0.15, 0.2) is 6.29 Å². The molecule has 0 saturated carbocycles. The molecule has 0 aliphatic rings. The zero-order valence-electron chi connectivity index (χ0n) is 7.15. The van der Waals surface area contributed by atoms with E-state index < -0.39 is 5.97 Å². The first-order valence-electron chi connectivity index (χ1n) is 3.73. The molecule has 0 unspecified atom stereocenters. The fourth-order valence-electron chi connectivity index (χ4n) is 0.948. The summed E-state index contributed by atoms with van der Waals surface area (Å²) in [5, 5.41) is 8.66. The summed E-state index contributed by atoms with van der Waals surface area (Å²) in [5.74, 6) is 3.63. The molecule has 0 aliphatic heterocycles. The smallest absolute Gasteiger partial charge is 0.337 e. The van der Waals surface area contributed by atoms with E-state index in [1.54, 1.807) is 0 Å². The van der Waals surface area contributed by atoms with Crippen LogP contribution >= 0.6 is 0 Å². The Kier molecular flexibility index (Phi) is 2.87. The van der Waals surface area contributed by atoms with Crippen LogP contribution in [0.5, 0.6) is 0 Å². The fourth-order valence-corrected chi connectivity index (χ4v) is 0.948. The first kappa shape index (κ1) is 9.81. The van der Waals surface area contributed by atoms with Gasteiger partial charge in [-0.25, -0.2) is 4.79 Å². The van der Waals surface area contributed by atoms with Crippen LogP contribution in [0, 0.1) is 11.8 Å². The number of aldehydes is 1. The molecule has 0 aliphatic carbocycles. The van der Waals surface area contributed by atoms with E-state index in [4.69, 9.17) is 10.8 Å². The van der Waals surface area contributed by atoms with E-state index in [0.29, 0.717) is 11.8 Å². The van der Waals surface area contributed by atoms with Gasteiger partial charge in [-0.15, -0.1) is 0 Å². The summed E-state index contributed by atoms with van der Waals surface area (Å²) in [6.07, 6.45) is 0.460. The number of rotatable bonds is 1. The number of carboxylic acids is 1. The van der Waals surface area contributed by atoms with Gasteiger partial charge >= 0.3 is 5.97 Å². The third-order valence-electron chi connectivity index (χ3n) is 1.56. The molecular formula is C10H7NO3. The zero-order valence-corrected chi connectivity index (χ0v) is 7.15. The molecule has 0 bridgehead atoms. The van der Waals surface area contributed by atoms with Gasteiger partial charge < -0.3 is 10.8 Å². The molecule has 0 aromatic heterocycles. The number of carbonyl (C=O) groups excluding carboxylic acids is 1. The lowest BCUT2D eigenvalue weighted by Gasteiger charge is -1.99. The van der Waals surface area contributed by atoms with E-state index in [1.807, 2.05) is 0 Å². The standard InChI is InChI=1S/C10H7NO3/c11-9-6-7(2-1-5-12)3-4-8(9)10(13)14/h3-6H,11H2,(H,13,14). The number of anilines is 1. The van der Waals surface area contributed by atoms with Crippen molar-refractivity contribution in [3.05, 3.63) is 29.3 Å². The maximum absolute atomic E-state index is 10.6. The van der Waals surface area contributed by atoms with Crippen LogP contribution in [0.3, 0.4) is 0 Å².